The molecule has 0 fully saturated rings. The molecule has 0 bridgehead atoms. The fourth-order valence-electron chi connectivity index (χ4n) is 2.34. The predicted molar refractivity (Wildman–Crippen MR) is 99.5 cm³/mol. The number of esters is 1. The number of hydrogen-bond acceptors (Lipinski definition) is 5. The van der Waals surface area contributed by atoms with Crippen molar-refractivity contribution in [3.8, 4) is 6.07 Å². The Kier molecular flexibility index (Phi) is 6.52. The van der Waals surface area contributed by atoms with Crippen molar-refractivity contribution < 1.29 is 14.3 Å². The predicted octanol–water partition coefficient (Wildman–Crippen LogP) is 3.49. The van der Waals surface area contributed by atoms with Crippen LogP contribution in [0.15, 0.2) is 60.3 Å². The summed E-state index contributed by atoms with van der Waals surface area (Å²) in [6.45, 7) is 2.02. The van der Waals surface area contributed by atoms with Crippen molar-refractivity contribution in [1.82, 2.24) is 0 Å². The van der Waals surface area contributed by atoms with Crippen LogP contribution in [-0.4, -0.2) is 19.0 Å². The molecule has 132 valence electrons. The lowest BCUT2D eigenvalue weighted by molar-refractivity contribution is -0.112. The molecule has 0 aliphatic carbocycles. The van der Waals surface area contributed by atoms with Crippen molar-refractivity contribution in [2.75, 3.05) is 17.7 Å². The number of rotatable bonds is 6. The van der Waals surface area contributed by atoms with Crippen LogP contribution < -0.4 is 10.6 Å². The number of nitrogens with zero attached hydrogens (tertiary/aromatic N) is 1. The van der Waals surface area contributed by atoms with Crippen molar-refractivity contribution in [3.63, 3.8) is 0 Å². The smallest absolute Gasteiger partial charge is 0.339 e. The molecule has 2 N–H and O–H groups in total. The lowest BCUT2D eigenvalue weighted by Gasteiger charge is -2.10. The summed E-state index contributed by atoms with van der Waals surface area (Å²) in [6, 6.07) is 15.9. The zero-order valence-corrected chi connectivity index (χ0v) is 14.6. The lowest BCUT2D eigenvalue weighted by Crippen LogP contribution is -2.17. The maximum Gasteiger partial charge on any atom is 0.339 e. The maximum absolute atomic E-state index is 12.4. The van der Waals surface area contributed by atoms with E-state index < -0.39 is 11.9 Å². The fraction of sp³-hybridized carbons (Fsp3) is 0.150. The van der Waals surface area contributed by atoms with Crippen molar-refractivity contribution in [1.29, 1.82) is 5.26 Å². The highest BCUT2D eigenvalue weighted by atomic mass is 16.5. The van der Waals surface area contributed by atoms with E-state index in [0.717, 1.165) is 17.7 Å². The minimum absolute atomic E-state index is 0.115. The summed E-state index contributed by atoms with van der Waals surface area (Å²) >= 11 is 0. The molecule has 0 aliphatic heterocycles. The molecule has 0 radical (unpaired) electrons. The van der Waals surface area contributed by atoms with E-state index in [-0.39, 0.29) is 16.8 Å². The first-order valence-electron chi connectivity index (χ1n) is 8.04. The van der Waals surface area contributed by atoms with Gasteiger partial charge in [0.25, 0.3) is 5.91 Å². The molecule has 0 saturated carbocycles. The molecule has 0 saturated heterocycles. The molecule has 1 amide bonds. The zero-order chi connectivity index (χ0) is 18.9. The van der Waals surface area contributed by atoms with Gasteiger partial charge in [-0.1, -0.05) is 37.3 Å². The Hall–Kier alpha value is -3.59. The monoisotopic (exact) mass is 349 g/mol. The van der Waals surface area contributed by atoms with Gasteiger partial charge in [-0.3, -0.25) is 4.79 Å². The molecule has 0 aliphatic rings. The molecular weight excluding hydrogens is 330 g/mol. The average Bonchev–Trinajstić information content (AvgIpc) is 2.68. The highest BCUT2D eigenvalue weighted by molar-refractivity contribution is 6.09. The van der Waals surface area contributed by atoms with E-state index in [1.807, 2.05) is 37.3 Å². The van der Waals surface area contributed by atoms with Gasteiger partial charge in [-0.15, -0.1) is 0 Å². The number of carbonyl (C=O) groups excluding carboxylic acids is 2. The van der Waals surface area contributed by atoms with Gasteiger partial charge in [0, 0.05) is 11.9 Å². The fourth-order valence-corrected chi connectivity index (χ4v) is 2.34. The quantitative estimate of drug-likeness (QED) is 0.473. The van der Waals surface area contributed by atoms with Crippen LogP contribution in [0.3, 0.4) is 0 Å². The number of nitrogens with one attached hydrogen (secondary N) is 2. The topological polar surface area (TPSA) is 91.2 Å². The number of methoxy groups -OCH3 is 1. The third-order valence-corrected chi connectivity index (χ3v) is 3.72. The zero-order valence-electron chi connectivity index (χ0n) is 14.6. The number of anilines is 2. The van der Waals surface area contributed by atoms with E-state index in [0.29, 0.717) is 0 Å². The van der Waals surface area contributed by atoms with Gasteiger partial charge in [-0.2, -0.15) is 5.26 Å². The van der Waals surface area contributed by atoms with E-state index in [9.17, 15) is 14.9 Å². The standard InChI is InChI=1S/C20H19N3O3/c1-3-14-8-4-6-10-17(14)22-13-15(12-21)19(24)23-18-11-7-5-9-16(18)20(25)26-2/h4-11,13,22H,3H2,1-2H3,(H,23,24)/b15-13-. The Morgan fingerprint density at radius 1 is 1.12 bits per heavy atom. The van der Waals surface area contributed by atoms with Crippen molar-refractivity contribution >= 4 is 23.3 Å². The average molecular weight is 349 g/mol. The van der Waals surface area contributed by atoms with Gasteiger partial charge in [-0.25, -0.2) is 4.79 Å². The van der Waals surface area contributed by atoms with E-state index in [1.165, 1.54) is 19.4 Å². The first-order valence-corrected chi connectivity index (χ1v) is 8.04. The second-order valence-electron chi connectivity index (χ2n) is 5.32. The molecule has 6 nitrogen and oxygen atoms in total. The van der Waals surface area contributed by atoms with Crippen LogP contribution in [0.5, 0.6) is 0 Å². The van der Waals surface area contributed by atoms with E-state index >= 15 is 0 Å². The van der Waals surface area contributed by atoms with Gasteiger partial charge in [0.15, 0.2) is 0 Å². The summed E-state index contributed by atoms with van der Waals surface area (Å²) in [7, 11) is 1.26. The number of ether oxygens (including phenoxy) is 1. The van der Waals surface area contributed by atoms with Crippen molar-refractivity contribution in [2.45, 2.75) is 13.3 Å². The molecule has 0 spiro atoms. The number of hydrogen-bond donors (Lipinski definition) is 2. The van der Waals surface area contributed by atoms with Gasteiger partial charge >= 0.3 is 5.97 Å². The third kappa shape index (κ3) is 4.48. The van der Waals surface area contributed by atoms with Crippen LogP contribution >= 0.6 is 0 Å². The van der Waals surface area contributed by atoms with Gasteiger partial charge in [0.05, 0.1) is 18.4 Å². The summed E-state index contributed by atoms with van der Waals surface area (Å²) < 4.78 is 4.69. The number of nitriles is 1. The van der Waals surface area contributed by atoms with Crippen LogP contribution in [0.1, 0.15) is 22.8 Å². The Bertz CT molecular complexity index is 882. The molecule has 2 aromatic rings. The van der Waals surface area contributed by atoms with Crippen molar-refractivity contribution in [2.24, 2.45) is 0 Å². The number of para-hydroxylation sites is 2. The van der Waals surface area contributed by atoms with E-state index in [1.54, 1.807) is 18.2 Å². The summed E-state index contributed by atoms with van der Waals surface area (Å²) in [4.78, 5) is 24.2. The van der Waals surface area contributed by atoms with Gasteiger partial charge in [0.2, 0.25) is 0 Å². The summed E-state index contributed by atoms with van der Waals surface area (Å²) in [5.41, 5.74) is 2.27. The summed E-state index contributed by atoms with van der Waals surface area (Å²) in [5, 5.41) is 14.9. The Balaban J connectivity index is 2.20. The van der Waals surface area contributed by atoms with Crippen LogP contribution in [0.25, 0.3) is 0 Å². The largest absolute Gasteiger partial charge is 0.465 e. The SMILES string of the molecule is CCc1ccccc1N/C=C(/C#N)C(=O)Nc1ccccc1C(=O)OC. The Labute approximate surface area is 152 Å². The number of amides is 1. The van der Waals surface area contributed by atoms with Crippen molar-refractivity contribution in [3.05, 3.63) is 71.4 Å². The Morgan fingerprint density at radius 3 is 2.42 bits per heavy atom. The molecule has 0 heterocycles. The molecule has 0 unspecified atom stereocenters. The minimum Gasteiger partial charge on any atom is -0.465 e. The van der Waals surface area contributed by atoms with Crippen LogP contribution in [0.4, 0.5) is 11.4 Å². The van der Waals surface area contributed by atoms with Crippen LogP contribution in [0.2, 0.25) is 0 Å². The highest BCUT2D eigenvalue weighted by Gasteiger charge is 2.15. The summed E-state index contributed by atoms with van der Waals surface area (Å²) in [6.07, 6.45) is 2.17. The first-order chi connectivity index (χ1) is 12.6. The molecular formula is C20H19N3O3. The Morgan fingerprint density at radius 2 is 1.77 bits per heavy atom. The molecule has 2 aromatic carbocycles. The molecule has 0 aromatic heterocycles. The maximum atomic E-state index is 12.4. The van der Waals surface area contributed by atoms with Gasteiger partial charge < -0.3 is 15.4 Å². The summed E-state index contributed by atoms with van der Waals surface area (Å²) in [5.74, 6) is -1.19. The van der Waals surface area contributed by atoms with E-state index in [2.05, 4.69) is 10.6 Å². The lowest BCUT2D eigenvalue weighted by atomic mass is 10.1. The normalized spacial score (nSPS) is 10.6. The minimum atomic E-state index is -0.620. The number of carbonyl (C=O) groups is 2. The first kappa shape index (κ1) is 18.7. The molecule has 2 rings (SSSR count). The van der Waals surface area contributed by atoms with Crippen LogP contribution in [0, 0.1) is 11.3 Å². The number of aryl methyl sites for hydroxylation is 1. The van der Waals surface area contributed by atoms with Gasteiger partial charge in [-0.05, 0) is 30.2 Å². The van der Waals surface area contributed by atoms with E-state index in [4.69, 9.17) is 4.74 Å². The molecule has 6 heteroatoms. The van der Waals surface area contributed by atoms with Crippen LogP contribution in [-0.2, 0) is 16.0 Å². The van der Waals surface area contributed by atoms with Gasteiger partial charge in [0.1, 0.15) is 11.6 Å². The molecule has 26 heavy (non-hydrogen) atoms. The highest BCUT2D eigenvalue weighted by Crippen LogP contribution is 2.18. The number of benzene rings is 2. The second kappa shape index (κ2) is 9.04. The second-order valence-corrected chi connectivity index (χ2v) is 5.32. The third-order valence-electron chi connectivity index (χ3n) is 3.72. The molecule has 0 atom stereocenters.